The van der Waals surface area contributed by atoms with Crippen LogP contribution in [0, 0.1) is 22.0 Å². The number of nitrogens with one attached hydrogen (secondary N) is 1. The van der Waals surface area contributed by atoms with Gasteiger partial charge < -0.3 is 10.1 Å². The summed E-state index contributed by atoms with van der Waals surface area (Å²) in [4.78, 5) is 34.5. The van der Waals surface area contributed by atoms with Gasteiger partial charge in [0.05, 0.1) is 17.6 Å². The van der Waals surface area contributed by atoms with E-state index < -0.39 is 10.9 Å². The molecule has 0 radical (unpaired) electrons. The minimum absolute atomic E-state index is 0.00115. The lowest BCUT2D eigenvalue weighted by Gasteiger charge is -2.17. The number of ether oxygens (including phenoxy) is 1. The van der Waals surface area contributed by atoms with Gasteiger partial charge in [-0.15, -0.1) is 0 Å². The van der Waals surface area contributed by atoms with Crippen LogP contribution in [0.1, 0.15) is 46.4 Å². The molecule has 1 aromatic carbocycles. The summed E-state index contributed by atoms with van der Waals surface area (Å²) < 4.78 is 4.59. The topological polar surface area (TPSA) is 98.5 Å². The Labute approximate surface area is 133 Å². The molecule has 0 unspecified atom stereocenters. The van der Waals surface area contributed by atoms with E-state index in [-0.39, 0.29) is 28.8 Å². The number of carbonyl (C=O) groups excluding carboxylic acids is 2. The molecule has 7 heteroatoms. The Kier molecular flexibility index (Phi) is 4.02. The molecule has 3 rings (SSSR count). The zero-order chi connectivity index (χ0) is 16.6. The van der Waals surface area contributed by atoms with Gasteiger partial charge in [-0.3, -0.25) is 14.9 Å². The van der Waals surface area contributed by atoms with Crippen LogP contribution in [-0.2, 0) is 4.74 Å². The zero-order valence-electron chi connectivity index (χ0n) is 12.8. The highest BCUT2D eigenvalue weighted by molar-refractivity contribution is 5.99. The van der Waals surface area contributed by atoms with Crippen molar-refractivity contribution < 1.29 is 19.2 Å². The van der Waals surface area contributed by atoms with Crippen LogP contribution in [0.4, 0.5) is 5.69 Å². The lowest BCUT2D eigenvalue weighted by atomic mass is 10.0. The van der Waals surface area contributed by atoms with Crippen molar-refractivity contribution in [3.8, 4) is 0 Å². The van der Waals surface area contributed by atoms with Crippen LogP contribution in [0.25, 0.3) is 0 Å². The molecular weight excluding hydrogens is 300 g/mol. The van der Waals surface area contributed by atoms with Crippen molar-refractivity contribution in [2.24, 2.45) is 11.8 Å². The number of hydrogen-bond donors (Lipinski definition) is 1. The van der Waals surface area contributed by atoms with Crippen molar-refractivity contribution in [3.63, 3.8) is 0 Å². The second kappa shape index (κ2) is 5.98. The first kappa shape index (κ1) is 15.5. The SMILES string of the molecule is COC(=O)c1cc(C(=O)NC(C2CC2)C2CC2)cc([N+](=O)[O-])c1. The Morgan fingerprint density at radius 1 is 1.17 bits per heavy atom. The Bertz CT molecular complexity index is 652. The van der Waals surface area contributed by atoms with E-state index in [4.69, 9.17) is 0 Å². The average Bonchev–Trinajstić information content (AvgIpc) is 3.43. The number of benzene rings is 1. The van der Waals surface area contributed by atoms with Crippen LogP contribution < -0.4 is 5.32 Å². The van der Waals surface area contributed by atoms with Gasteiger partial charge in [0, 0.05) is 23.7 Å². The number of rotatable bonds is 6. The molecule has 0 aliphatic heterocycles. The van der Waals surface area contributed by atoms with Gasteiger partial charge in [-0.2, -0.15) is 0 Å². The maximum Gasteiger partial charge on any atom is 0.338 e. The van der Waals surface area contributed by atoms with E-state index >= 15 is 0 Å². The summed E-state index contributed by atoms with van der Waals surface area (Å²) in [5.41, 5.74) is -0.181. The van der Waals surface area contributed by atoms with E-state index in [1.54, 1.807) is 0 Å². The third kappa shape index (κ3) is 3.49. The Balaban J connectivity index is 1.84. The number of esters is 1. The van der Waals surface area contributed by atoms with Gasteiger partial charge in [-0.1, -0.05) is 0 Å². The molecule has 2 aliphatic rings. The first-order valence-electron chi connectivity index (χ1n) is 7.68. The van der Waals surface area contributed by atoms with Crippen molar-refractivity contribution >= 4 is 17.6 Å². The van der Waals surface area contributed by atoms with E-state index in [0.29, 0.717) is 11.8 Å². The fourth-order valence-electron chi connectivity index (χ4n) is 2.85. The van der Waals surface area contributed by atoms with Crippen molar-refractivity contribution in [1.29, 1.82) is 0 Å². The number of carbonyl (C=O) groups is 2. The van der Waals surface area contributed by atoms with Gasteiger partial charge in [0.1, 0.15) is 0 Å². The smallest absolute Gasteiger partial charge is 0.338 e. The lowest BCUT2D eigenvalue weighted by molar-refractivity contribution is -0.384. The van der Waals surface area contributed by atoms with E-state index in [1.165, 1.54) is 19.2 Å². The molecule has 0 spiro atoms. The molecule has 0 saturated heterocycles. The molecular formula is C16H18N2O5. The highest BCUT2D eigenvalue weighted by atomic mass is 16.6. The predicted octanol–water partition coefficient (Wildman–Crippen LogP) is 2.30. The highest BCUT2D eigenvalue weighted by Crippen LogP contribution is 2.44. The summed E-state index contributed by atoms with van der Waals surface area (Å²) in [5.74, 6) is -0.0400. The summed E-state index contributed by atoms with van der Waals surface area (Å²) in [5, 5.41) is 14.0. The molecule has 0 atom stereocenters. The number of non-ortho nitro benzene ring substituents is 1. The third-order valence-electron chi connectivity index (χ3n) is 4.37. The van der Waals surface area contributed by atoms with Crippen LogP contribution >= 0.6 is 0 Å². The van der Waals surface area contributed by atoms with E-state index in [1.807, 2.05) is 0 Å². The summed E-state index contributed by atoms with van der Waals surface area (Å²) >= 11 is 0. The van der Waals surface area contributed by atoms with Crippen LogP contribution in [0.3, 0.4) is 0 Å². The molecule has 2 saturated carbocycles. The molecule has 7 nitrogen and oxygen atoms in total. The Morgan fingerprint density at radius 2 is 1.74 bits per heavy atom. The summed E-state index contributed by atoms with van der Waals surface area (Å²) in [6, 6.07) is 3.79. The summed E-state index contributed by atoms with van der Waals surface area (Å²) in [6.45, 7) is 0. The number of hydrogen-bond acceptors (Lipinski definition) is 5. The Morgan fingerprint density at radius 3 is 2.22 bits per heavy atom. The molecule has 122 valence electrons. The number of methoxy groups -OCH3 is 1. The van der Waals surface area contributed by atoms with Gasteiger partial charge in [-0.25, -0.2) is 4.79 Å². The first-order chi connectivity index (χ1) is 11.0. The number of amides is 1. The maximum absolute atomic E-state index is 12.5. The normalized spacial score (nSPS) is 17.0. The molecule has 0 heterocycles. The van der Waals surface area contributed by atoms with Crippen LogP contribution in [-0.4, -0.2) is 30.0 Å². The fraction of sp³-hybridized carbons (Fsp3) is 0.500. The quantitative estimate of drug-likeness (QED) is 0.493. The minimum Gasteiger partial charge on any atom is -0.465 e. The highest BCUT2D eigenvalue weighted by Gasteiger charge is 2.42. The minimum atomic E-state index is -0.705. The largest absolute Gasteiger partial charge is 0.465 e. The second-order valence-corrected chi connectivity index (χ2v) is 6.19. The second-order valence-electron chi connectivity index (χ2n) is 6.19. The molecule has 2 fully saturated rings. The molecule has 0 aromatic heterocycles. The van der Waals surface area contributed by atoms with E-state index in [2.05, 4.69) is 10.1 Å². The van der Waals surface area contributed by atoms with E-state index in [9.17, 15) is 19.7 Å². The van der Waals surface area contributed by atoms with Gasteiger partial charge in [0.15, 0.2) is 0 Å². The maximum atomic E-state index is 12.5. The van der Waals surface area contributed by atoms with Crippen molar-refractivity contribution in [3.05, 3.63) is 39.4 Å². The third-order valence-corrected chi connectivity index (χ3v) is 4.37. The van der Waals surface area contributed by atoms with Crippen LogP contribution in [0.5, 0.6) is 0 Å². The lowest BCUT2D eigenvalue weighted by Crippen LogP contribution is -2.38. The summed E-state index contributed by atoms with van der Waals surface area (Å²) in [7, 11) is 1.19. The predicted molar refractivity (Wildman–Crippen MR) is 81.1 cm³/mol. The molecule has 1 aromatic rings. The Hall–Kier alpha value is -2.44. The monoisotopic (exact) mass is 318 g/mol. The van der Waals surface area contributed by atoms with Gasteiger partial charge in [0.2, 0.25) is 0 Å². The van der Waals surface area contributed by atoms with Crippen LogP contribution in [0.2, 0.25) is 0 Å². The molecule has 23 heavy (non-hydrogen) atoms. The zero-order valence-corrected chi connectivity index (χ0v) is 12.8. The number of nitro groups is 1. The number of nitro benzene ring substituents is 1. The average molecular weight is 318 g/mol. The standard InChI is InChI=1S/C16H18N2O5/c1-23-16(20)12-6-11(7-13(8-12)18(21)22)15(19)17-14(9-2-3-9)10-4-5-10/h6-10,14H,2-5H2,1H3,(H,17,19). The van der Waals surface area contributed by atoms with Crippen molar-refractivity contribution in [1.82, 2.24) is 5.32 Å². The number of nitrogens with zero attached hydrogens (tertiary/aromatic N) is 1. The fourth-order valence-corrected chi connectivity index (χ4v) is 2.85. The van der Waals surface area contributed by atoms with Gasteiger partial charge >= 0.3 is 5.97 Å². The van der Waals surface area contributed by atoms with Gasteiger partial charge in [0.25, 0.3) is 11.6 Å². The van der Waals surface area contributed by atoms with Crippen molar-refractivity contribution in [2.45, 2.75) is 31.7 Å². The molecule has 1 N–H and O–H groups in total. The van der Waals surface area contributed by atoms with E-state index in [0.717, 1.165) is 31.7 Å². The summed E-state index contributed by atoms with van der Waals surface area (Å²) in [6.07, 6.45) is 4.46. The van der Waals surface area contributed by atoms with Crippen molar-refractivity contribution in [2.75, 3.05) is 7.11 Å². The molecule has 1 amide bonds. The first-order valence-corrected chi connectivity index (χ1v) is 7.68. The van der Waals surface area contributed by atoms with Gasteiger partial charge in [-0.05, 0) is 43.6 Å². The molecule has 0 bridgehead atoms. The van der Waals surface area contributed by atoms with Crippen LogP contribution in [0.15, 0.2) is 18.2 Å². The molecule has 2 aliphatic carbocycles.